The molecule has 4 rings (SSSR count). The molecule has 0 aromatic rings. The van der Waals surface area contributed by atoms with E-state index in [4.69, 9.17) is 9.47 Å². The van der Waals surface area contributed by atoms with Gasteiger partial charge in [0.2, 0.25) is 0 Å². The van der Waals surface area contributed by atoms with Gasteiger partial charge < -0.3 is 9.47 Å². The summed E-state index contributed by atoms with van der Waals surface area (Å²) in [7, 11) is 1.85. The van der Waals surface area contributed by atoms with E-state index in [1.807, 2.05) is 14.0 Å². The lowest BCUT2D eigenvalue weighted by molar-refractivity contribution is -0.143. The van der Waals surface area contributed by atoms with E-state index in [9.17, 15) is 4.79 Å². The molecule has 104 valence electrons. The van der Waals surface area contributed by atoms with E-state index < -0.39 is 0 Å². The minimum absolute atomic E-state index is 0.0106. The molecule has 3 nitrogen and oxygen atoms in total. The molecule has 3 saturated carbocycles. The number of hydrogen-bond donors (Lipinski definition) is 0. The summed E-state index contributed by atoms with van der Waals surface area (Å²) in [5.41, 5.74) is 2.38. The van der Waals surface area contributed by atoms with Crippen LogP contribution in [-0.2, 0) is 14.3 Å². The standard InChI is InChI=1S/C16H22O3/c1-8-9-5-13-15(2,7-12(9)19-14(8)17)10-6-11(10)16(13,3)18-4/h10-13H,5-7H2,1-4H3/t10-,11+,12+,13+,15+,16+/m1/s1. The Bertz CT molecular complexity index is 508. The van der Waals surface area contributed by atoms with Crippen LogP contribution in [-0.4, -0.2) is 24.8 Å². The normalized spacial score (nSPS) is 54.6. The molecule has 1 heterocycles. The van der Waals surface area contributed by atoms with Crippen molar-refractivity contribution in [2.45, 2.75) is 51.7 Å². The number of hydrogen-bond acceptors (Lipinski definition) is 3. The van der Waals surface area contributed by atoms with Crippen LogP contribution in [0.15, 0.2) is 11.1 Å². The Labute approximate surface area is 114 Å². The van der Waals surface area contributed by atoms with Gasteiger partial charge >= 0.3 is 5.97 Å². The van der Waals surface area contributed by atoms with E-state index in [2.05, 4.69) is 13.8 Å². The Kier molecular flexibility index (Phi) is 2.04. The van der Waals surface area contributed by atoms with Crippen molar-refractivity contribution in [3.05, 3.63) is 11.1 Å². The smallest absolute Gasteiger partial charge is 0.334 e. The number of esters is 1. The third-order valence-electron chi connectivity index (χ3n) is 6.78. The second-order valence-electron chi connectivity index (χ2n) is 7.35. The topological polar surface area (TPSA) is 35.5 Å². The molecule has 3 aliphatic carbocycles. The van der Waals surface area contributed by atoms with Crippen LogP contribution in [0.5, 0.6) is 0 Å². The minimum atomic E-state index is -0.102. The van der Waals surface area contributed by atoms with E-state index in [0.29, 0.717) is 11.8 Å². The Hall–Kier alpha value is -0.830. The maximum Gasteiger partial charge on any atom is 0.334 e. The fourth-order valence-corrected chi connectivity index (χ4v) is 5.48. The van der Waals surface area contributed by atoms with Crippen molar-refractivity contribution in [1.29, 1.82) is 0 Å². The highest BCUT2D eigenvalue weighted by Gasteiger charge is 2.73. The Morgan fingerprint density at radius 2 is 2.05 bits per heavy atom. The van der Waals surface area contributed by atoms with E-state index in [-0.39, 0.29) is 23.1 Å². The zero-order valence-corrected chi connectivity index (χ0v) is 12.2. The zero-order valence-electron chi connectivity index (χ0n) is 12.2. The molecular formula is C16H22O3. The number of methoxy groups -OCH3 is 1. The first kappa shape index (κ1) is 12.0. The maximum atomic E-state index is 11.8. The first-order chi connectivity index (χ1) is 8.91. The highest BCUT2D eigenvalue weighted by Crippen LogP contribution is 2.74. The van der Waals surface area contributed by atoms with Gasteiger partial charge in [0.05, 0.1) is 5.60 Å². The van der Waals surface area contributed by atoms with E-state index in [1.165, 1.54) is 12.0 Å². The van der Waals surface area contributed by atoms with E-state index in [1.54, 1.807) is 0 Å². The van der Waals surface area contributed by atoms with Crippen LogP contribution in [0.2, 0.25) is 0 Å². The summed E-state index contributed by atoms with van der Waals surface area (Å²) in [5.74, 6) is 1.91. The van der Waals surface area contributed by atoms with Crippen molar-refractivity contribution in [2.75, 3.05) is 7.11 Å². The van der Waals surface area contributed by atoms with Gasteiger partial charge in [-0.05, 0) is 61.9 Å². The van der Waals surface area contributed by atoms with Gasteiger partial charge in [-0.15, -0.1) is 0 Å². The second kappa shape index (κ2) is 3.25. The van der Waals surface area contributed by atoms with E-state index >= 15 is 0 Å². The lowest BCUT2D eigenvalue weighted by Crippen LogP contribution is -2.47. The highest BCUT2D eigenvalue weighted by atomic mass is 16.5. The molecule has 0 saturated heterocycles. The average molecular weight is 262 g/mol. The van der Waals surface area contributed by atoms with Crippen molar-refractivity contribution in [3.63, 3.8) is 0 Å². The lowest BCUT2D eigenvalue weighted by atomic mass is 9.61. The molecule has 0 bridgehead atoms. The van der Waals surface area contributed by atoms with Crippen molar-refractivity contribution in [1.82, 2.24) is 0 Å². The summed E-state index contributed by atoms with van der Waals surface area (Å²) in [6.07, 6.45) is 3.32. The summed E-state index contributed by atoms with van der Waals surface area (Å²) in [4.78, 5) is 11.8. The second-order valence-corrected chi connectivity index (χ2v) is 7.35. The molecule has 0 aromatic carbocycles. The Morgan fingerprint density at radius 1 is 1.32 bits per heavy atom. The predicted molar refractivity (Wildman–Crippen MR) is 70.4 cm³/mol. The minimum Gasteiger partial charge on any atom is -0.454 e. The van der Waals surface area contributed by atoms with Gasteiger partial charge in [-0.1, -0.05) is 6.92 Å². The molecule has 0 aromatic heterocycles. The summed E-state index contributed by atoms with van der Waals surface area (Å²) >= 11 is 0. The van der Waals surface area contributed by atoms with Crippen molar-refractivity contribution >= 4 is 5.97 Å². The van der Waals surface area contributed by atoms with E-state index in [0.717, 1.165) is 24.3 Å². The molecule has 19 heavy (non-hydrogen) atoms. The molecule has 3 heteroatoms. The molecule has 0 unspecified atom stereocenters. The van der Waals surface area contributed by atoms with Crippen LogP contribution < -0.4 is 0 Å². The molecule has 0 radical (unpaired) electrons. The fourth-order valence-electron chi connectivity index (χ4n) is 5.48. The van der Waals surface area contributed by atoms with Gasteiger partial charge in [-0.2, -0.15) is 0 Å². The Balaban J connectivity index is 1.77. The molecule has 0 N–H and O–H groups in total. The molecule has 4 aliphatic rings. The number of carbonyl (C=O) groups is 1. The molecule has 1 aliphatic heterocycles. The largest absolute Gasteiger partial charge is 0.454 e. The van der Waals surface area contributed by atoms with Crippen LogP contribution in [0.3, 0.4) is 0 Å². The van der Waals surface area contributed by atoms with Gasteiger partial charge in [-0.3, -0.25) is 0 Å². The maximum absolute atomic E-state index is 11.8. The first-order valence-electron chi connectivity index (χ1n) is 7.37. The lowest BCUT2D eigenvalue weighted by Gasteiger charge is -2.47. The van der Waals surface area contributed by atoms with Crippen molar-refractivity contribution in [2.24, 2.45) is 23.2 Å². The molecular weight excluding hydrogens is 240 g/mol. The SMILES string of the molecule is CO[C@@]1(C)[C@H]2C[C@H]2[C@]2(C)C[C@@H]3OC(=O)C(C)=C3C[C@@H]21. The first-order valence-corrected chi connectivity index (χ1v) is 7.37. The fraction of sp³-hybridized carbons (Fsp3) is 0.812. The number of ether oxygens (including phenoxy) is 2. The van der Waals surface area contributed by atoms with Gasteiger partial charge in [-0.25, -0.2) is 4.79 Å². The van der Waals surface area contributed by atoms with Gasteiger partial charge in [0.1, 0.15) is 6.10 Å². The predicted octanol–water partition coefficient (Wildman–Crippen LogP) is 2.70. The van der Waals surface area contributed by atoms with Crippen LogP contribution in [0, 0.1) is 23.2 Å². The van der Waals surface area contributed by atoms with Crippen LogP contribution in [0.4, 0.5) is 0 Å². The number of fused-ring (bicyclic) bond motifs is 4. The Morgan fingerprint density at radius 3 is 2.74 bits per heavy atom. The van der Waals surface area contributed by atoms with Gasteiger partial charge in [0.25, 0.3) is 0 Å². The van der Waals surface area contributed by atoms with Crippen LogP contribution in [0.1, 0.15) is 40.0 Å². The third-order valence-corrected chi connectivity index (χ3v) is 6.78. The average Bonchev–Trinajstić information content (AvgIpc) is 3.10. The van der Waals surface area contributed by atoms with Crippen molar-refractivity contribution in [3.8, 4) is 0 Å². The molecule has 0 amide bonds. The molecule has 0 spiro atoms. The third kappa shape index (κ3) is 1.21. The zero-order chi connectivity index (χ0) is 13.6. The van der Waals surface area contributed by atoms with Gasteiger partial charge in [0, 0.05) is 12.7 Å². The van der Waals surface area contributed by atoms with Gasteiger partial charge in [0.15, 0.2) is 0 Å². The van der Waals surface area contributed by atoms with Crippen molar-refractivity contribution < 1.29 is 14.3 Å². The van der Waals surface area contributed by atoms with Crippen LogP contribution >= 0.6 is 0 Å². The molecule has 3 fully saturated rings. The quantitative estimate of drug-likeness (QED) is 0.682. The molecule has 6 atom stereocenters. The summed E-state index contributed by atoms with van der Waals surface area (Å²) in [6, 6.07) is 0. The summed E-state index contributed by atoms with van der Waals surface area (Å²) in [5, 5.41) is 0. The summed E-state index contributed by atoms with van der Waals surface area (Å²) in [6.45, 7) is 6.59. The highest BCUT2D eigenvalue weighted by molar-refractivity contribution is 5.91. The monoisotopic (exact) mass is 262 g/mol. The van der Waals surface area contributed by atoms with Crippen LogP contribution in [0.25, 0.3) is 0 Å². The summed E-state index contributed by atoms with van der Waals surface area (Å²) < 4.78 is 11.5. The number of carbonyl (C=O) groups excluding carboxylic acids is 1. The number of rotatable bonds is 1.